The van der Waals surface area contributed by atoms with Crippen LogP contribution in [0.2, 0.25) is 0 Å². The number of carbonyl (C=O) groups excluding carboxylic acids is 2. The van der Waals surface area contributed by atoms with Gasteiger partial charge < -0.3 is 20.7 Å². The number of fused-ring (bicyclic) bond motifs is 1. The first-order chi connectivity index (χ1) is 8.24. The van der Waals surface area contributed by atoms with Crippen LogP contribution in [0.15, 0.2) is 0 Å². The predicted octanol–water partition coefficient (Wildman–Crippen LogP) is -0.0718. The SMILES string of the molecule is CC(C)(C)OC(=O)N1CC2CNCC2(C(N)=O)C1. The molecule has 0 aromatic rings. The van der Waals surface area contributed by atoms with Gasteiger partial charge in [0.2, 0.25) is 5.91 Å². The van der Waals surface area contributed by atoms with Crippen LogP contribution in [0, 0.1) is 11.3 Å². The highest BCUT2D eigenvalue weighted by atomic mass is 16.6. The summed E-state index contributed by atoms with van der Waals surface area (Å²) in [5.41, 5.74) is 4.37. The number of amides is 2. The Hall–Kier alpha value is -1.30. The Morgan fingerprint density at radius 3 is 2.61 bits per heavy atom. The van der Waals surface area contributed by atoms with Crippen LogP contribution in [0.4, 0.5) is 4.79 Å². The van der Waals surface area contributed by atoms with E-state index in [1.807, 2.05) is 20.8 Å². The highest BCUT2D eigenvalue weighted by Crippen LogP contribution is 2.39. The Morgan fingerprint density at radius 2 is 2.11 bits per heavy atom. The third kappa shape index (κ3) is 2.16. The van der Waals surface area contributed by atoms with Gasteiger partial charge in [0, 0.05) is 32.1 Å². The number of nitrogens with one attached hydrogen (secondary N) is 1. The molecule has 0 bridgehead atoms. The van der Waals surface area contributed by atoms with E-state index in [9.17, 15) is 9.59 Å². The number of hydrogen-bond donors (Lipinski definition) is 2. The van der Waals surface area contributed by atoms with Crippen molar-refractivity contribution in [2.75, 3.05) is 26.2 Å². The van der Waals surface area contributed by atoms with Crippen molar-refractivity contribution in [2.24, 2.45) is 17.1 Å². The van der Waals surface area contributed by atoms with Crippen molar-refractivity contribution in [1.29, 1.82) is 0 Å². The molecule has 0 aliphatic carbocycles. The molecule has 2 heterocycles. The Bertz CT molecular complexity index is 377. The number of rotatable bonds is 1. The van der Waals surface area contributed by atoms with E-state index in [1.54, 1.807) is 4.90 Å². The van der Waals surface area contributed by atoms with Crippen molar-refractivity contribution in [3.05, 3.63) is 0 Å². The van der Waals surface area contributed by atoms with Crippen molar-refractivity contribution in [3.63, 3.8) is 0 Å². The van der Waals surface area contributed by atoms with E-state index in [1.165, 1.54) is 0 Å². The molecular weight excluding hydrogens is 234 g/mol. The van der Waals surface area contributed by atoms with Gasteiger partial charge >= 0.3 is 6.09 Å². The van der Waals surface area contributed by atoms with E-state index in [0.29, 0.717) is 19.6 Å². The predicted molar refractivity (Wildman–Crippen MR) is 65.8 cm³/mol. The lowest BCUT2D eigenvalue weighted by Crippen LogP contribution is -2.45. The van der Waals surface area contributed by atoms with Crippen LogP contribution in [-0.4, -0.2) is 48.7 Å². The zero-order chi connectivity index (χ0) is 13.6. The lowest BCUT2D eigenvalue weighted by Gasteiger charge is -2.26. The summed E-state index contributed by atoms with van der Waals surface area (Å²) in [5.74, 6) is -0.230. The average molecular weight is 255 g/mol. The summed E-state index contributed by atoms with van der Waals surface area (Å²) in [6.07, 6.45) is -0.363. The van der Waals surface area contributed by atoms with Gasteiger partial charge in [-0.3, -0.25) is 4.79 Å². The summed E-state index contributed by atoms with van der Waals surface area (Å²) in [6.45, 7) is 7.64. The van der Waals surface area contributed by atoms with Gasteiger partial charge in [0.1, 0.15) is 5.60 Å². The molecule has 3 N–H and O–H groups in total. The first-order valence-corrected chi connectivity index (χ1v) is 6.23. The molecule has 6 heteroatoms. The van der Waals surface area contributed by atoms with Crippen LogP contribution in [-0.2, 0) is 9.53 Å². The topological polar surface area (TPSA) is 84.7 Å². The normalized spacial score (nSPS) is 31.3. The van der Waals surface area contributed by atoms with Gasteiger partial charge in [-0.15, -0.1) is 0 Å². The number of carbonyl (C=O) groups is 2. The van der Waals surface area contributed by atoms with Gasteiger partial charge in [0.15, 0.2) is 0 Å². The number of hydrogen-bond acceptors (Lipinski definition) is 4. The summed E-state index contributed by atoms with van der Waals surface area (Å²) >= 11 is 0. The summed E-state index contributed by atoms with van der Waals surface area (Å²) in [5, 5.41) is 3.17. The van der Waals surface area contributed by atoms with Gasteiger partial charge in [-0.25, -0.2) is 4.79 Å². The number of ether oxygens (including phenoxy) is 1. The largest absolute Gasteiger partial charge is 0.444 e. The fraction of sp³-hybridized carbons (Fsp3) is 0.833. The second-order valence-electron chi connectivity index (χ2n) is 6.21. The molecule has 6 nitrogen and oxygen atoms in total. The van der Waals surface area contributed by atoms with Crippen molar-refractivity contribution in [1.82, 2.24) is 10.2 Å². The van der Waals surface area contributed by atoms with Crippen LogP contribution in [0.25, 0.3) is 0 Å². The van der Waals surface area contributed by atoms with Crippen molar-refractivity contribution < 1.29 is 14.3 Å². The van der Waals surface area contributed by atoms with Crippen LogP contribution >= 0.6 is 0 Å². The number of nitrogens with zero attached hydrogens (tertiary/aromatic N) is 1. The van der Waals surface area contributed by atoms with Crippen LogP contribution in [0.3, 0.4) is 0 Å². The highest BCUT2D eigenvalue weighted by molar-refractivity contribution is 5.84. The van der Waals surface area contributed by atoms with E-state index in [2.05, 4.69) is 5.32 Å². The Labute approximate surface area is 107 Å². The zero-order valence-electron chi connectivity index (χ0n) is 11.2. The lowest BCUT2D eigenvalue weighted by molar-refractivity contribution is -0.127. The number of likely N-dealkylation sites (tertiary alicyclic amines) is 1. The van der Waals surface area contributed by atoms with E-state index >= 15 is 0 Å². The van der Waals surface area contributed by atoms with Crippen LogP contribution in [0.1, 0.15) is 20.8 Å². The minimum absolute atomic E-state index is 0.0996. The summed E-state index contributed by atoms with van der Waals surface area (Å²) in [4.78, 5) is 25.2. The molecule has 2 fully saturated rings. The molecule has 2 aliphatic heterocycles. The molecule has 0 aromatic carbocycles. The quantitative estimate of drug-likeness (QED) is 0.687. The maximum atomic E-state index is 12.0. The standard InChI is InChI=1S/C12H21N3O3/c1-11(2,3)18-10(17)15-5-8-4-14-6-12(8,7-15)9(13)16/h8,14H,4-7H2,1-3H3,(H2,13,16). The van der Waals surface area contributed by atoms with Crippen LogP contribution < -0.4 is 11.1 Å². The minimum atomic E-state index is -0.614. The minimum Gasteiger partial charge on any atom is -0.444 e. The monoisotopic (exact) mass is 255 g/mol. The molecule has 0 radical (unpaired) electrons. The fourth-order valence-electron chi connectivity index (χ4n) is 2.74. The average Bonchev–Trinajstić information content (AvgIpc) is 2.69. The molecule has 2 atom stereocenters. The van der Waals surface area contributed by atoms with Crippen molar-refractivity contribution in [3.8, 4) is 0 Å². The van der Waals surface area contributed by atoms with Crippen LogP contribution in [0.5, 0.6) is 0 Å². The molecule has 2 rings (SSSR count). The van der Waals surface area contributed by atoms with Gasteiger partial charge in [-0.2, -0.15) is 0 Å². The molecule has 2 aliphatic rings. The van der Waals surface area contributed by atoms with Crippen molar-refractivity contribution in [2.45, 2.75) is 26.4 Å². The van der Waals surface area contributed by atoms with E-state index < -0.39 is 11.0 Å². The highest BCUT2D eigenvalue weighted by Gasteiger charge is 2.55. The Kier molecular flexibility index (Phi) is 3.01. The molecule has 0 saturated carbocycles. The second-order valence-corrected chi connectivity index (χ2v) is 6.21. The second kappa shape index (κ2) is 4.12. The third-order valence-electron chi connectivity index (χ3n) is 3.67. The number of primary amides is 1. The molecule has 102 valence electrons. The molecule has 2 amide bonds. The molecule has 2 unspecified atom stereocenters. The van der Waals surface area contributed by atoms with Gasteiger partial charge in [0.05, 0.1) is 5.41 Å². The maximum Gasteiger partial charge on any atom is 0.410 e. The maximum absolute atomic E-state index is 12.0. The van der Waals surface area contributed by atoms with Gasteiger partial charge in [-0.05, 0) is 20.8 Å². The Morgan fingerprint density at radius 1 is 1.44 bits per heavy atom. The molecule has 2 saturated heterocycles. The fourth-order valence-corrected chi connectivity index (χ4v) is 2.74. The van der Waals surface area contributed by atoms with E-state index in [-0.39, 0.29) is 17.9 Å². The smallest absolute Gasteiger partial charge is 0.410 e. The molecule has 0 spiro atoms. The van der Waals surface area contributed by atoms with E-state index in [4.69, 9.17) is 10.5 Å². The Balaban J connectivity index is 2.08. The van der Waals surface area contributed by atoms with Crippen molar-refractivity contribution >= 4 is 12.0 Å². The first-order valence-electron chi connectivity index (χ1n) is 6.23. The summed E-state index contributed by atoms with van der Waals surface area (Å²) in [6, 6.07) is 0. The summed E-state index contributed by atoms with van der Waals surface area (Å²) in [7, 11) is 0. The summed E-state index contributed by atoms with van der Waals surface area (Å²) < 4.78 is 5.33. The lowest BCUT2D eigenvalue weighted by atomic mass is 9.80. The third-order valence-corrected chi connectivity index (χ3v) is 3.67. The van der Waals surface area contributed by atoms with Gasteiger partial charge in [-0.1, -0.05) is 0 Å². The molecular formula is C12H21N3O3. The molecule has 0 aromatic heterocycles. The number of nitrogens with two attached hydrogens (primary N) is 1. The zero-order valence-corrected chi connectivity index (χ0v) is 11.2. The van der Waals surface area contributed by atoms with E-state index in [0.717, 1.165) is 6.54 Å². The first kappa shape index (κ1) is 13.1. The van der Waals surface area contributed by atoms with Gasteiger partial charge in [0.25, 0.3) is 0 Å². The molecule has 18 heavy (non-hydrogen) atoms.